The first-order chi connectivity index (χ1) is 18.5. The van der Waals surface area contributed by atoms with Crippen molar-refractivity contribution < 1.29 is 18.7 Å². The normalized spacial score (nSPS) is 15.6. The number of methoxy groups -OCH3 is 1. The van der Waals surface area contributed by atoms with Crippen LogP contribution in [0.1, 0.15) is 29.6 Å². The Morgan fingerprint density at radius 3 is 2.58 bits per heavy atom. The summed E-state index contributed by atoms with van der Waals surface area (Å²) in [5, 5.41) is 8.86. The number of amides is 2. The smallest absolute Gasteiger partial charge is 0.254 e. The molecule has 0 atom stereocenters. The van der Waals surface area contributed by atoms with E-state index in [9.17, 15) is 14.0 Å². The van der Waals surface area contributed by atoms with Crippen molar-refractivity contribution in [2.75, 3.05) is 51.3 Å². The Labute approximate surface area is 222 Å². The third-order valence-electron chi connectivity index (χ3n) is 7.05. The summed E-state index contributed by atoms with van der Waals surface area (Å²) in [6, 6.07) is 17.3. The summed E-state index contributed by atoms with van der Waals surface area (Å²) in [4.78, 5) is 31.9. The highest BCUT2D eigenvalue weighted by Crippen LogP contribution is 2.30. The third-order valence-corrected chi connectivity index (χ3v) is 7.05. The van der Waals surface area contributed by atoms with Gasteiger partial charge in [-0.3, -0.25) is 9.59 Å². The maximum Gasteiger partial charge on any atom is 0.254 e. The molecule has 38 heavy (non-hydrogen) atoms. The van der Waals surface area contributed by atoms with Crippen molar-refractivity contribution in [1.82, 2.24) is 20.0 Å². The summed E-state index contributed by atoms with van der Waals surface area (Å²) in [5.41, 5.74) is 1.97. The molecule has 2 aromatic carbocycles. The Hall–Kier alpha value is -4.01. The minimum Gasteiger partial charge on any atom is -0.497 e. The average Bonchev–Trinajstić information content (AvgIpc) is 3.79. The van der Waals surface area contributed by atoms with E-state index in [4.69, 9.17) is 4.74 Å². The number of hydrogen-bond donors (Lipinski definition) is 0. The molecule has 0 N–H and O–H groups in total. The lowest BCUT2D eigenvalue weighted by molar-refractivity contribution is -0.131. The molecular formula is C29H32FN5O3. The van der Waals surface area contributed by atoms with Crippen LogP contribution in [-0.4, -0.2) is 78.2 Å². The molecule has 1 saturated heterocycles. The monoisotopic (exact) mass is 517 g/mol. The van der Waals surface area contributed by atoms with Gasteiger partial charge in [0.25, 0.3) is 5.91 Å². The summed E-state index contributed by atoms with van der Waals surface area (Å²) in [6.07, 6.45) is 2.89. The zero-order valence-corrected chi connectivity index (χ0v) is 21.6. The second-order valence-corrected chi connectivity index (χ2v) is 9.87. The van der Waals surface area contributed by atoms with E-state index in [-0.39, 0.29) is 23.9 Å². The van der Waals surface area contributed by atoms with Gasteiger partial charge in [0.1, 0.15) is 18.1 Å². The fourth-order valence-corrected chi connectivity index (χ4v) is 4.72. The fraction of sp³-hybridized carbons (Fsp3) is 0.379. The average molecular weight is 518 g/mol. The van der Waals surface area contributed by atoms with E-state index in [1.807, 2.05) is 41.3 Å². The van der Waals surface area contributed by atoms with Gasteiger partial charge in [-0.15, -0.1) is 10.2 Å². The molecule has 2 heterocycles. The molecule has 0 spiro atoms. The fourth-order valence-electron chi connectivity index (χ4n) is 4.72. The number of anilines is 1. The van der Waals surface area contributed by atoms with Crippen LogP contribution in [-0.2, 0) is 4.79 Å². The summed E-state index contributed by atoms with van der Waals surface area (Å²) < 4.78 is 19.0. The van der Waals surface area contributed by atoms with Crippen molar-refractivity contribution in [1.29, 1.82) is 0 Å². The molecule has 1 aromatic heterocycles. The molecule has 3 aromatic rings. The molecular weight excluding hydrogens is 485 g/mol. The van der Waals surface area contributed by atoms with Crippen LogP contribution < -0.4 is 9.64 Å². The molecule has 1 aliphatic heterocycles. The SMILES string of the molecule is COc1cccc(-c2ccc(N3CCCN(C(=O)CN(CC4CC4)C(=O)c4cccc(F)c4)CC3)nn2)c1. The van der Waals surface area contributed by atoms with Crippen molar-refractivity contribution in [2.24, 2.45) is 5.92 Å². The molecule has 0 unspecified atom stereocenters. The first-order valence-corrected chi connectivity index (χ1v) is 13.1. The molecule has 0 bridgehead atoms. The Morgan fingerprint density at radius 1 is 1.00 bits per heavy atom. The van der Waals surface area contributed by atoms with Crippen LogP contribution in [0.4, 0.5) is 10.2 Å². The van der Waals surface area contributed by atoms with Gasteiger partial charge in [0.05, 0.1) is 12.8 Å². The maximum atomic E-state index is 13.7. The zero-order chi connectivity index (χ0) is 26.5. The molecule has 198 valence electrons. The first kappa shape index (κ1) is 25.6. The number of aromatic nitrogens is 2. The van der Waals surface area contributed by atoms with Crippen LogP contribution in [0.25, 0.3) is 11.3 Å². The van der Waals surface area contributed by atoms with Gasteiger partial charge in [0.2, 0.25) is 5.91 Å². The van der Waals surface area contributed by atoms with E-state index < -0.39 is 5.82 Å². The van der Waals surface area contributed by atoms with Crippen LogP contribution in [0.2, 0.25) is 0 Å². The van der Waals surface area contributed by atoms with Gasteiger partial charge in [-0.25, -0.2) is 4.39 Å². The Balaban J connectivity index is 1.21. The van der Waals surface area contributed by atoms with Crippen molar-refractivity contribution >= 4 is 17.6 Å². The largest absolute Gasteiger partial charge is 0.497 e. The number of benzene rings is 2. The van der Waals surface area contributed by atoms with Crippen LogP contribution in [0.5, 0.6) is 5.75 Å². The molecule has 5 rings (SSSR count). The predicted molar refractivity (Wildman–Crippen MR) is 142 cm³/mol. The first-order valence-electron chi connectivity index (χ1n) is 13.1. The van der Waals surface area contributed by atoms with Gasteiger partial charge in [-0.1, -0.05) is 18.2 Å². The maximum absolute atomic E-state index is 13.7. The number of rotatable bonds is 8. The van der Waals surface area contributed by atoms with Gasteiger partial charge < -0.3 is 19.4 Å². The number of carbonyl (C=O) groups is 2. The van der Waals surface area contributed by atoms with Crippen molar-refractivity contribution in [2.45, 2.75) is 19.3 Å². The molecule has 2 amide bonds. The lowest BCUT2D eigenvalue weighted by Gasteiger charge is -2.27. The van der Waals surface area contributed by atoms with E-state index in [0.29, 0.717) is 32.1 Å². The van der Waals surface area contributed by atoms with Gasteiger partial charge in [0, 0.05) is 43.9 Å². The van der Waals surface area contributed by atoms with Crippen LogP contribution >= 0.6 is 0 Å². The predicted octanol–water partition coefficient (Wildman–Crippen LogP) is 3.88. The minimum absolute atomic E-state index is 0.000880. The number of ether oxygens (including phenoxy) is 1. The van der Waals surface area contributed by atoms with E-state index >= 15 is 0 Å². The Kier molecular flexibility index (Phi) is 7.81. The highest BCUT2D eigenvalue weighted by Gasteiger charge is 2.30. The van der Waals surface area contributed by atoms with Gasteiger partial charge in [0.15, 0.2) is 5.82 Å². The highest BCUT2D eigenvalue weighted by molar-refractivity contribution is 5.96. The Morgan fingerprint density at radius 2 is 1.84 bits per heavy atom. The van der Waals surface area contributed by atoms with Gasteiger partial charge in [-0.2, -0.15) is 0 Å². The summed E-state index contributed by atoms with van der Waals surface area (Å²) in [7, 11) is 1.63. The van der Waals surface area contributed by atoms with E-state index in [2.05, 4.69) is 15.1 Å². The third kappa shape index (κ3) is 6.27. The van der Waals surface area contributed by atoms with Crippen molar-refractivity contribution in [3.05, 3.63) is 72.0 Å². The van der Waals surface area contributed by atoms with E-state index in [1.165, 1.54) is 18.2 Å². The van der Waals surface area contributed by atoms with E-state index in [1.54, 1.807) is 18.1 Å². The van der Waals surface area contributed by atoms with Gasteiger partial charge in [-0.05, 0) is 67.6 Å². The summed E-state index contributed by atoms with van der Waals surface area (Å²) in [5.74, 6) is 1.10. The summed E-state index contributed by atoms with van der Waals surface area (Å²) in [6.45, 7) is 3.04. The highest BCUT2D eigenvalue weighted by atomic mass is 19.1. The molecule has 1 aliphatic carbocycles. The molecule has 2 fully saturated rings. The number of nitrogens with zero attached hydrogens (tertiary/aromatic N) is 5. The molecule has 1 saturated carbocycles. The van der Waals surface area contributed by atoms with Gasteiger partial charge >= 0.3 is 0 Å². The number of halogens is 1. The zero-order valence-electron chi connectivity index (χ0n) is 21.6. The van der Waals surface area contributed by atoms with E-state index in [0.717, 1.165) is 48.6 Å². The standard InChI is InChI=1S/C29H32FN5O3/c1-38-25-8-3-5-22(18-25)26-11-12-27(32-31-26)33-13-4-14-34(16-15-33)28(36)20-35(19-21-9-10-21)29(37)23-6-2-7-24(30)17-23/h2-3,5-8,11-12,17-18,21H,4,9-10,13-16,19-20H2,1H3. The van der Waals surface area contributed by atoms with Crippen LogP contribution in [0, 0.1) is 11.7 Å². The molecule has 2 aliphatic rings. The molecule has 0 radical (unpaired) electrons. The second-order valence-electron chi connectivity index (χ2n) is 9.87. The lowest BCUT2D eigenvalue weighted by atomic mass is 10.1. The van der Waals surface area contributed by atoms with Crippen LogP contribution in [0.3, 0.4) is 0 Å². The molecule has 8 nitrogen and oxygen atoms in total. The Bertz CT molecular complexity index is 1280. The number of hydrogen-bond acceptors (Lipinski definition) is 6. The topological polar surface area (TPSA) is 78.9 Å². The van der Waals surface area contributed by atoms with Crippen molar-refractivity contribution in [3.8, 4) is 17.0 Å². The van der Waals surface area contributed by atoms with Crippen LogP contribution in [0.15, 0.2) is 60.7 Å². The quantitative estimate of drug-likeness (QED) is 0.451. The molecule has 9 heteroatoms. The minimum atomic E-state index is -0.458. The second kappa shape index (κ2) is 11.6. The van der Waals surface area contributed by atoms with Crippen molar-refractivity contribution in [3.63, 3.8) is 0 Å². The number of carbonyl (C=O) groups excluding carboxylic acids is 2. The lowest BCUT2D eigenvalue weighted by Crippen LogP contribution is -2.45. The summed E-state index contributed by atoms with van der Waals surface area (Å²) >= 11 is 0.